The highest BCUT2D eigenvalue weighted by atomic mass is 35.5. The molecule has 110 valence electrons. The third kappa shape index (κ3) is 5.71. The molecule has 0 aliphatic heterocycles. The molecule has 0 radical (unpaired) electrons. The number of carbonyl (C=O) groups is 1. The number of carbonyl (C=O) groups excluding carboxylic acids is 1. The zero-order valence-corrected chi connectivity index (χ0v) is 12.6. The molecule has 1 aromatic carbocycles. The first-order valence-electron chi connectivity index (χ1n) is 6.00. The van der Waals surface area contributed by atoms with Crippen molar-refractivity contribution in [3.05, 3.63) is 29.0 Å². The molecule has 0 saturated carbocycles. The van der Waals surface area contributed by atoms with E-state index in [1.165, 1.54) is 17.0 Å². The predicted molar refractivity (Wildman–Crippen MR) is 80.6 cm³/mol. The molecule has 4 nitrogen and oxygen atoms in total. The Morgan fingerprint density at radius 1 is 1.50 bits per heavy atom. The largest absolute Gasteiger partial charge is 0.491 e. The van der Waals surface area contributed by atoms with Gasteiger partial charge in [0.25, 0.3) is 0 Å². The topological polar surface area (TPSA) is 55.6 Å². The van der Waals surface area contributed by atoms with Crippen molar-refractivity contribution in [1.82, 2.24) is 4.90 Å². The number of benzene rings is 1. The SMILES string of the molecule is CN(CCC(N)=S)C(=O)CCOc1ccc(F)cc1Cl. The molecule has 0 fully saturated rings. The lowest BCUT2D eigenvalue weighted by Gasteiger charge is -2.17. The number of thiocarbonyl (C=S) groups is 1. The van der Waals surface area contributed by atoms with Crippen molar-refractivity contribution in [2.24, 2.45) is 5.73 Å². The molecule has 7 heteroatoms. The van der Waals surface area contributed by atoms with Crippen molar-refractivity contribution in [2.45, 2.75) is 12.8 Å². The minimum Gasteiger partial charge on any atom is -0.491 e. The van der Waals surface area contributed by atoms with E-state index >= 15 is 0 Å². The number of ether oxygens (including phenoxy) is 1. The Morgan fingerprint density at radius 3 is 2.80 bits per heavy atom. The summed E-state index contributed by atoms with van der Waals surface area (Å²) in [5.41, 5.74) is 5.37. The molecular weight excluding hydrogens is 303 g/mol. The van der Waals surface area contributed by atoms with E-state index in [-0.39, 0.29) is 24.0 Å². The van der Waals surface area contributed by atoms with Crippen molar-refractivity contribution in [2.75, 3.05) is 20.2 Å². The second-order valence-electron chi connectivity index (χ2n) is 4.20. The van der Waals surface area contributed by atoms with Crippen molar-refractivity contribution in [1.29, 1.82) is 0 Å². The van der Waals surface area contributed by atoms with E-state index in [9.17, 15) is 9.18 Å². The summed E-state index contributed by atoms with van der Waals surface area (Å²) in [5, 5.41) is 0.180. The smallest absolute Gasteiger partial charge is 0.225 e. The molecule has 1 amide bonds. The lowest BCUT2D eigenvalue weighted by molar-refractivity contribution is -0.130. The summed E-state index contributed by atoms with van der Waals surface area (Å²) >= 11 is 10.5. The minimum absolute atomic E-state index is 0.0838. The van der Waals surface area contributed by atoms with E-state index in [0.717, 1.165) is 6.07 Å². The Balaban J connectivity index is 2.36. The van der Waals surface area contributed by atoms with Crippen molar-refractivity contribution in [3.8, 4) is 5.75 Å². The first-order chi connectivity index (χ1) is 9.40. The lowest BCUT2D eigenvalue weighted by atomic mass is 10.3. The van der Waals surface area contributed by atoms with Gasteiger partial charge in [0.15, 0.2) is 0 Å². The summed E-state index contributed by atoms with van der Waals surface area (Å²) in [7, 11) is 1.67. The summed E-state index contributed by atoms with van der Waals surface area (Å²) in [5.74, 6) is -0.165. The number of nitrogens with two attached hydrogens (primary N) is 1. The fourth-order valence-electron chi connectivity index (χ4n) is 1.43. The highest BCUT2D eigenvalue weighted by molar-refractivity contribution is 7.80. The fourth-order valence-corrected chi connectivity index (χ4v) is 1.75. The maximum atomic E-state index is 12.8. The Hall–Kier alpha value is -1.40. The Kier molecular flexibility index (Phi) is 6.67. The van der Waals surface area contributed by atoms with Crippen LogP contribution in [0, 0.1) is 5.82 Å². The van der Waals surface area contributed by atoms with E-state index in [1.54, 1.807) is 7.05 Å². The van der Waals surface area contributed by atoms with Gasteiger partial charge in [-0.1, -0.05) is 23.8 Å². The Labute approximate surface area is 127 Å². The molecule has 1 aromatic rings. The van der Waals surface area contributed by atoms with E-state index in [1.807, 2.05) is 0 Å². The summed E-state index contributed by atoms with van der Waals surface area (Å²) in [6.07, 6.45) is 0.684. The monoisotopic (exact) mass is 318 g/mol. The lowest BCUT2D eigenvalue weighted by Crippen LogP contribution is -2.30. The number of rotatable bonds is 7. The molecule has 0 saturated heterocycles. The molecule has 0 bridgehead atoms. The van der Waals surface area contributed by atoms with Crippen LogP contribution in [0.4, 0.5) is 4.39 Å². The summed E-state index contributed by atoms with van der Waals surface area (Å²) in [6, 6.07) is 3.84. The molecule has 2 N–H and O–H groups in total. The zero-order chi connectivity index (χ0) is 15.1. The fraction of sp³-hybridized carbons (Fsp3) is 0.385. The number of nitrogens with zero attached hydrogens (tertiary/aromatic N) is 1. The van der Waals surface area contributed by atoms with Gasteiger partial charge in [-0.15, -0.1) is 0 Å². The number of amides is 1. The number of halogens is 2. The molecule has 0 atom stereocenters. The first kappa shape index (κ1) is 16.7. The van der Waals surface area contributed by atoms with Gasteiger partial charge in [0.2, 0.25) is 5.91 Å². The number of hydrogen-bond donors (Lipinski definition) is 1. The van der Waals surface area contributed by atoms with Gasteiger partial charge in [-0.25, -0.2) is 4.39 Å². The van der Waals surface area contributed by atoms with Crippen LogP contribution in [0.5, 0.6) is 5.75 Å². The molecule has 0 unspecified atom stereocenters. The van der Waals surface area contributed by atoms with Gasteiger partial charge in [-0.05, 0) is 18.2 Å². The standard InChI is InChI=1S/C13H16ClFN2O2S/c1-17(6-4-12(16)20)13(18)5-7-19-11-3-2-9(15)8-10(11)14/h2-3,8H,4-7H2,1H3,(H2,16,20). The quantitative estimate of drug-likeness (QED) is 0.784. The van der Waals surface area contributed by atoms with Crippen LogP contribution in [0.2, 0.25) is 5.02 Å². The van der Waals surface area contributed by atoms with E-state index in [2.05, 4.69) is 0 Å². The second-order valence-corrected chi connectivity index (χ2v) is 5.14. The number of hydrogen-bond acceptors (Lipinski definition) is 3. The molecule has 1 rings (SSSR count). The van der Waals surface area contributed by atoms with Crippen LogP contribution in [-0.2, 0) is 4.79 Å². The van der Waals surface area contributed by atoms with Gasteiger partial charge in [0, 0.05) is 20.0 Å². The normalized spacial score (nSPS) is 10.2. The van der Waals surface area contributed by atoms with Crippen LogP contribution in [-0.4, -0.2) is 36.0 Å². The van der Waals surface area contributed by atoms with Gasteiger partial charge in [0.1, 0.15) is 11.6 Å². The average Bonchev–Trinajstić information content (AvgIpc) is 2.38. The highest BCUT2D eigenvalue weighted by Gasteiger charge is 2.10. The van der Waals surface area contributed by atoms with Gasteiger partial charge in [-0.3, -0.25) is 4.79 Å². The highest BCUT2D eigenvalue weighted by Crippen LogP contribution is 2.24. The Bertz CT molecular complexity index is 499. The van der Waals surface area contributed by atoms with Crippen LogP contribution < -0.4 is 10.5 Å². The zero-order valence-electron chi connectivity index (χ0n) is 11.1. The molecule has 0 heterocycles. The molecule has 20 heavy (non-hydrogen) atoms. The van der Waals surface area contributed by atoms with E-state index in [4.69, 9.17) is 34.3 Å². The van der Waals surface area contributed by atoms with Gasteiger partial charge in [-0.2, -0.15) is 0 Å². The summed E-state index contributed by atoms with van der Waals surface area (Å²) < 4.78 is 18.2. The molecule has 0 aromatic heterocycles. The third-order valence-corrected chi connectivity index (χ3v) is 3.09. The minimum atomic E-state index is -0.434. The Morgan fingerprint density at radius 2 is 2.20 bits per heavy atom. The van der Waals surface area contributed by atoms with E-state index in [0.29, 0.717) is 23.7 Å². The van der Waals surface area contributed by atoms with Crippen LogP contribution in [0.3, 0.4) is 0 Å². The van der Waals surface area contributed by atoms with Crippen LogP contribution >= 0.6 is 23.8 Å². The van der Waals surface area contributed by atoms with Crippen LogP contribution in [0.1, 0.15) is 12.8 Å². The van der Waals surface area contributed by atoms with Crippen molar-refractivity contribution in [3.63, 3.8) is 0 Å². The van der Waals surface area contributed by atoms with Crippen LogP contribution in [0.25, 0.3) is 0 Å². The van der Waals surface area contributed by atoms with Gasteiger partial charge >= 0.3 is 0 Å². The van der Waals surface area contributed by atoms with Gasteiger partial charge < -0.3 is 15.4 Å². The van der Waals surface area contributed by atoms with E-state index < -0.39 is 5.82 Å². The molecule has 0 aliphatic rings. The van der Waals surface area contributed by atoms with Crippen molar-refractivity contribution < 1.29 is 13.9 Å². The van der Waals surface area contributed by atoms with Gasteiger partial charge in [0.05, 0.1) is 23.0 Å². The molecular formula is C13H16ClFN2O2S. The summed E-state index contributed by atoms with van der Waals surface area (Å²) in [6.45, 7) is 0.646. The van der Waals surface area contributed by atoms with Crippen molar-refractivity contribution >= 4 is 34.7 Å². The molecule has 0 spiro atoms. The van der Waals surface area contributed by atoms with Crippen LogP contribution in [0.15, 0.2) is 18.2 Å². The second kappa shape index (κ2) is 8.01. The summed E-state index contributed by atoms with van der Waals surface area (Å²) in [4.78, 5) is 13.7. The predicted octanol–water partition coefficient (Wildman–Crippen LogP) is 2.38. The first-order valence-corrected chi connectivity index (χ1v) is 6.79. The third-order valence-electron chi connectivity index (χ3n) is 2.59. The molecule has 0 aliphatic carbocycles. The average molecular weight is 319 g/mol. The maximum Gasteiger partial charge on any atom is 0.225 e. The maximum absolute atomic E-state index is 12.8.